The van der Waals surface area contributed by atoms with Crippen LogP contribution in [-0.2, 0) is 4.79 Å². The Hall–Kier alpha value is -3.58. The quantitative estimate of drug-likeness (QED) is 0.343. The lowest BCUT2D eigenvalue weighted by Gasteiger charge is -2.14. The molecule has 0 aliphatic rings. The minimum atomic E-state index is -0.186. The molecular formula is C25H23N3O3S. The number of aromatic nitrogens is 2. The van der Waals surface area contributed by atoms with E-state index < -0.39 is 0 Å². The number of hydrogen-bond acceptors (Lipinski definition) is 5. The van der Waals surface area contributed by atoms with Crippen LogP contribution >= 0.6 is 11.8 Å². The minimum absolute atomic E-state index is 0.113. The topological polar surface area (TPSA) is 73.2 Å². The molecule has 0 atom stereocenters. The van der Waals surface area contributed by atoms with E-state index in [0.29, 0.717) is 21.7 Å². The van der Waals surface area contributed by atoms with Crippen molar-refractivity contribution in [3.63, 3.8) is 0 Å². The SMILES string of the molecule is COc1ccc(NC(=O)CSc2nc3ccccc3c(=O)n2-c2ccc(C)c(C)c2)cc1. The summed E-state index contributed by atoms with van der Waals surface area (Å²) < 4.78 is 6.72. The summed E-state index contributed by atoms with van der Waals surface area (Å²) in [5.74, 6) is 0.645. The van der Waals surface area contributed by atoms with Crippen LogP contribution in [0.15, 0.2) is 76.7 Å². The van der Waals surface area contributed by atoms with Gasteiger partial charge in [0, 0.05) is 5.69 Å². The first-order valence-corrected chi connectivity index (χ1v) is 11.1. The van der Waals surface area contributed by atoms with Gasteiger partial charge in [0.25, 0.3) is 5.56 Å². The Morgan fingerprint density at radius 2 is 1.78 bits per heavy atom. The lowest BCUT2D eigenvalue weighted by atomic mass is 10.1. The van der Waals surface area contributed by atoms with Crippen LogP contribution in [0.25, 0.3) is 16.6 Å². The number of benzene rings is 3. The zero-order valence-corrected chi connectivity index (χ0v) is 18.9. The van der Waals surface area contributed by atoms with Crippen molar-refractivity contribution in [2.75, 3.05) is 18.2 Å². The molecule has 1 N–H and O–H groups in total. The second kappa shape index (κ2) is 9.28. The van der Waals surface area contributed by atoms with Crippen LogP contribution < -0.4 is 15.6 Å². The van der Waals surface area contributed by atoms with Gasteiger partial charge in [-0.05, 0) is 73.5 Å². The minimum Gasteiger partial charge on any atom is -0.497 e. The first kappa shape index (κ1) is 21.6. The largest absolute Gasteiger partial charge is 0.497 e. The highest BCUT2D eigenvalue weighted by Crippen LogP contribution is 2.23. The number of carbonyl (C=O) groups excluding carboxylic acids is 1. The van der Waals surface area contributed by atoms with Gasteiger partial charge in [-0.3, -0.25) is 14.2 Å². The van der Waals surface area contributed by atoms with Crippen LogP contribution in [0.2, 0.25) is 0 Å². The van der Waals surface area contributed by atoms with E-state index in [1.807, 2.05) is 50.2 Å². The first-order chi connectivity index (χ1) is 15.5. The van der Waals surface area contributed by atoms with Crippen LogP contribution in [-0.4, -0.2) is 28.3 Å². The second-order valence-corrected chi connectivity index (χ2v) is 8.33. The number of amides is 1. The highest BCUT2D eigenvalue weighted by Gasteiger charge is 2.15. The summed E-state index contributed by atoms with van der Waals surface area (Å²) in [7, 11) is 1.59. The van der Waals surface area contributed by atoms with Gasteiger partial charge in [0.2, 0.25) is 5.91 Å². The third kappa shape index (κ3) is 4.53. The maximum absolute atomic E-state index is 13.3. The fourth-order valence-corrected chi connectivity index (χ4v) is 4.12. The third-order valence-corrected chi connectivity index (χ3v) is 6.14. The molecule has 0 unspecified atom stereocenters. The van der Waals surface area contributed by atoms with Crippen LogP contribution in [0.3, 0.4) is 0 Å². The average molecular weight is 446 g/mol. The standard InChI is InChI=1S/C25H23N3O3S/c1-16-8-11-19(14-17(16)2)28-24(30)21-6-4-5-7-22(21)27-25(28)32-15-23(29)26-18-9-12-20(31-3)13-10-18/h4-14H,15H2,1-3H3,(H,26,29). The molecular weight excluding hydrogens is 422 g/mol. The molecule has 1 amide bonds. The maximum atomic E-state index is 13.3. The van der Waals surface area contributed by atoms with E-state index in [4.69, 9.17) is 9.72 Å². The lowest BCUT2D eigenvalue weighted by Crippen LogP contribution is -2.23. The summed E-state index contributed by atoms with van der Waals surface area (Å²) in [5, 5.41) is 3.87. The predicted octanol–water partition coefficient (Wildman–Crippen LogP) is 4.74. The van der Waals surface area contributed by atoms with Crippen molar-refractivity contribution < 1.29 is 9.53 Å². The van der Waals surface area contributed by atoms with Gasteiger partial charge < -0.3 is 10.1 Å². The normalized spacial score (nSPS) is 10.8. The van der Waals surface area contributed by atoms with E-state index in [-0.39, 0.29) is 17.2 Å². The van der Waals surface area contributed by atoms with E-state index in [9.17, 15) is 9.59 Å². The van der Waals surface area contributed by atoms with Crippen molar-refractivity contribution in [3.05, 3.63) is 88.2 Å². The number of methoxy groups -OCH3 is 1. The van der Waals surface area contributed by atoms with E-state index >= 15 is 0 Å². The molecule has 0 bridgehead atoms. The highest BCUT2D eigenvalue weighted by molar-refractivity contribution is 7.99. The molecule has 4 rings (SSSR count). The van der Waals surface area contributed by atoms with Crippen molar-refractivity contribution >= 4 is 34.3 Å². The van der Waals surface area contributed by atoms with Crippen molar-refractivity contribution in [2.24, 2.45) is 0 Å². The molecule has 0 aliphatic carbocycles. The number of carbonyl (C=O) groups is 1. The van der Waals surface area contributed by atoms with Crippen LogP contribution in [0.5, 0.6) is 5.75 Å². The Kier molecular flexibility index (Phi) is 6.28. The molecule has 0 saturated heterocycles. The first-order valence-electron chi connectivity index (χ1n) is 10.1. The molecule has 1 aromatic heterocycles. The Morgan fingerprint density at radius 1 is 1.03 bits per heavy atom. The van der Waals surface area contributed by atoms with Gasteiger partial charge in [0.1, 0.15) is 5.75 Å². The monoisotopic (exact) mass is 445 g/mol. The van der Waals surface area contributed by atoms with Crippen LogP contribution in [0.4, 0.5) is 5.69 Å². The molecule has 0 aliphatic heterocycles. The Bertz CT molecular complexity index is 1350. The van der Waals surface area contributed by atoms with Crippen molar-refractivity contribution in [1.29, 1.82) is 0 Å². The average Bonchev–Trinajstić information content (AvgIpc) is 2.80. The molecule has 4 aromatic rings. The smallest absolute Gasteiger partial charge is 0.266 e. The number of rotatable bonds is 6. The van der Waals surface area contributed by atoms with Crippen LogP contribution in [0, 0.1) is 13.8 Å². The van der Waals surface area contributed by atoms with E-state index in [2.05, 4.69) is 5.32 Å². The number of ether oxygens (including phenoxy) is 1. The zero-order valence-electron chi connectivity index (χ0n) is 18.1. The molecule has 3 aromatic carbocycles. The van der Waals surface area contributed by atoms with E-state index in [1.165, 1.54) is 11.8 Å². The molecule has 0 fully saturated rings. The predicted molar refractivity (Wildman–Crippen MR) is 129 cm³/mol. The van der Waals surface area contributed by atoms with E-state index in [1.54, 1.807) is 42.0 Å². The molecule has 7 heteroatoms. The van der Waals surface area contributed by atoms with Gasteiger partial charge in [-0.2, -0.15) is 0 Å². The Morgan fingerprint density at radius 3 is 2.50 bits per heavy atom. The molecule has 32 heavy (non-hydrogen) atoms. The Labute approximate surface area is 190 Å². The number of hydrogen-bond donors (Lipinski definition) is 1. The number of nitrogens with one attached hydrogen (secondary N) is 1. The Balaban J connectivity index is 1.65. The van der Waals surface area contributed by atoms with Crippen molar-refractivity contribution in [1.82, 2.24) is 9.55 Å². The van der Waals surface area contributed by atoms with Gasteiger partial charge in [-0.15, -0.1) is 0 Å². The summed E-state index contributed by atoms with van der Waals surface area (Å²) >= 11 is 1.23. The summed E-state index contributed by atoms with van der Waals surface area (Å²) in [6.45, 7) is 4.03. The summed E-state index contributed by atoms with van der Waals surface area (Å²) in [6, 6.07) is 20.2. The maximum Gasteiger partial charge on any atom is 0.266 e. The summed E-state index contributed by atoms with van der Waals surface area (Å²) in [4.78, 5) is 30.6. The molecule has 1 heterocycles. The van der Waals surface area contributed by atoms with Gasteiger partial charge in [0.15, 0.2) is 5.16 Å². The molecule has 0 radical (unpaired) electrons. The van der Waals surface area contributed by atoms with Crippen molar-refractivity contribution in [3.8, 4) is 11.4 Å². The fourth-order valence-electron chi connectivity index (χ4n) is 3.30. The zero-order chi connectivity index (χ0) is 22.7. The second-order valence-electron chi connectivity index (χ2n) is 7.39. The number of thioether (sulfide) groups is 1. The third-order valence-electron chi connectivity index (χ3n) is 5.20. The lowest BCUT2D eigenvalue weighted by molar-refractivity contribution is -0.113. The number of aryl methyl sites for hydroxylation is 2. The van der Waals surface area contributed by atoms with Gasteiger partial charge in [0.05, 0.1) is 29.5 Å². The summed E-state index contributed by atoms with van der Waals surface area (Å²) in [6.07, 6.45) is 0. The number of anilines is 1. The van der Waals surface area contributed by atoms with Gasteiger partial charge in [-0.1, -0.05) is 30.0 Å². The fraction of sp³-hybridized carbons (Fsp3) is 0.160. The molecule has 0 saturated carbocycles. The molecule has 6 nitrogen and oxygen atoms in total. The number of fused-ring (bicyclic) bond motifs is 1. The van der Waals surface area contributed by atoms with Crippen LogP contribution in [0.1, 0.15) is 11.1 Å². The van der Waals surface area contributed by atoms with Gasteiger partial charge >= 0.3 is 0 Å². The molecule has 0 spiro atoms. The van der Waals surface area contributed by atoms with Crippen molar-refractivity contribution in [2.45, 2.75) is 19.0 Å². The molecule has 162 valence electrons. The van der Waals surface area contributed by atoms with Gasteiger partial charge in [-0.25, -0.2) is 4.98 Å². The summed E-state index contributed by atoms with van der Waals surface area (Å²) in [5.41, 5.74) is 4.08. The highest BCUT2D eigenvalue weighted by atomic mass is 32.2. The van der Waals surface area contributed by atoms with E-state index in [0.717, 1.165) is 22.6 Å². The number of para-hydroxylation sites is 1. The number of nitrogens with zero attached hydrogens (tertiary/aromatic N) is 2.